The lowest BCUT2D eigenvalue weighted by Crippen LogP contribution is -2.29. The van der Waals surface area contributed by atoms with Gasteiger partial charge in [-0.25, -0.2) is 9.67 Å². The van der Waals surface area contributed by atoms with Gasteiger partial charge in [-0.05, 0) is 53.6 Å². The molecule has 0 aliphatic rings. The van der Waals surface area contributed by atoms with E-state index in [2.05, 4.69) is 20.1 Å². The van der Waals surface area contributed by atoms with Crippen LogP contribution in [0.2, 0.25) is 5.02 Å². The van der Waals surface area contributed by atoms with Gasteiger partial charge in [0.2, 0.25) is 5.88 Å². The SMILES string of the molecule is COc1ccc(C(O)(c2cccnc2)c2cnc3nc(OC)c(Cc4ccc(-n5cccn5)cc4)c(Cl)c3c2)cc1OC. The summed E-state index contributed by atoms with van der Waals surface area (Å²) in [4.78, 5) is 13.5. The van der Waals surface area contributed by atoms with Crippen LogP contribution in [0, 0.1) is 0 Å². The molecule has 0 saturated heterocycles. The van der Waals surface area contributed by atoms with Crippen molar-refractivity contribution in [1.82, 2.24) is 24.7 Å². The van der Waals surface area contributed by atoms with Gasteiger partial charge >= 0.3 is 0 Å². The molecular formula is C33H28ClN5O4. The van der Waals surface area contributed by atoms with Crippen molar-refractivity contribution in [3.8, 4) is 23.1 Å². The predicted molar refractivity (Wildman–Crippen MR) is 163 cm³/mol. The highest BCUT2D eigenvalue weighted by Gasteiger charge is 2.36. The number of methoxy groups -OCH3 is 3. The highest BCUT2D eigenvalue weighted by molar-refractivity contribution is 6.36. The number of ether oxygens (including phenoxy) is 3. The normalized spacial score (nSPS) is 12.6. The van der Waals surface area contributed by atoms with E-state index in [1.54, 1.807) is 81.1 Å². The van der Waals surface area contributed by atoms with E-state index >= 15 is 0 Å². The van der Waals surface area contributed by atoms with Crippen molar-refractivity contribution in [2.45, 2.75) is 12.0 Å². The summed E-state index contributed by atoms with van der Waals surface area (Å²) in [5, 5.41) is 17.8. The van der Waals surface area contributed by atoms with Gasteiger partial charge in [-0.1, -0.05) is 35.9 Å². The molecule has 0 spiro atoms. The van der Waals surface area contributed by atoms with Crippen LogP contribution in [0.4, 0.5) is 0 Å². The van der Waals surface area contributed by atoms with Gasteiger partial charge in [-0.2, -0.15) is 10.1 Å². The average Bonchev–Trinajstić information content (AvgIpc) is 3.61. The summed E-state index contributed by atoms with van der Waals surface area (Å²) in [7, 11) is 4.67. The van der Waals surface area contributed by atoms with E-state index < -0.39 is 5.60 Å². The Morgan fingerprint density at radius 1 is 0.837 bits per heavy atom. The second-order valence-electron chi connectivity index (χ2n) is 9.82. The van der Waals surface area contributed by atoms with E-state index in [-0.39, 0.29) is 0 Å². The van der Waals surface area contributed by atoms with Gasteiger partial charge in [0.05, 0.1) is 32.0 Å². The molecule has 1 N–H and O–H groups in total. The number of aromatic nitrogens is 5. The lowest BCUT2D eigenvalue weighted by molar-refractivity contribution is 0.124. The van der Waals surface area contributed by atoms with E-state index in [1.807, 2.05) is 42.6 Å². The number of aliphatic hydroxyl groups is 1. The van der Waals surface area contributed by atoms with Crippen molar-refractivity contribution < 1.29 is 19.3 Å². The quantitative estimate of drug-likeness (QED) is 0.225. The summed E-state index contributed by atoms with van der Waals surface area (Å²) in [5.74, 6) is 1.40. The number of hydrogen-bond acceptors (Lipinski definition) is 8. The van der Waals surface area contributed by atoms with Gasteiger partial charge in [0.15, 0.2) is 17.1 Å². The molecule has 6 aromatic rings. The highest BCUT2D eigenvalue weighted by Crippen LogP contribution is 2.42. The van der Waals surface area contributed by atoms with E-state index in [0.717, 1.165) is 11.3 Å². The first kappa shape index (κ1) is 28.1. The van der Waals surface area contributed by atoms with Crippen LogP contribution in [0.1, 0.15) is 27.8 Å². The zero-order valence-electron chi connectivity index (χ0n) is 23.7. The molecular weight excluding hydrogens is 566 g/mol. The van der Waals surface area contributed by atoms with E-state index in [9.17, 15) is 5.11 Å². The number of fused-ring (bicyclic) bond motifs is 1. The van der Waals surface area contributed by atoms with Crippen LogP contribution in [0.3, 0.4) is 0 Å². The molecule has 10 heteroatoms. The number of nitrogens with zero attached hydrogens (tertiary/aromatic N) is 5. The number of hydrogen-bond donors (Lipinski definition) is 1. The molecule has 43 heavy (non-hydrogen) atoms. The third kappa shape index (κ3) is 5.13. The van der Waals surface area contributed by atoms with Crippen molar-refractivity contribution in [2.75, 3.05) is 21.3 Å². The van der Waals surface area contributed by atoms with Gasteiger partial charge in [0.1, 0.15) is 5.60 Å². The summed E-state index contributed by atoms with van der Waals surface area (Å²) in [6.45, 7) is 0. The van der Waals surface area contributed by atoms with Crippen LogP contribution in [-0.4, -0.2) is 51.2 Å². The fourth-order valence-corrected chi connectivity index (χ4v) is 5.47. The van der Waals surface area contributed by atoms with Crippen molar-refractivity contribution >= 4 is 22.6 Å². The Hall–Kier alpha value is -4.99. The molecule has 0 amide bonds. The van der Waals surface area contributed by atoms with Crippen LogP contribution in [0.25, 0.3) is 16.7 Å². The van der Waals surface area contributed by atoms with Crippen LogP contribution >= 0.6 is 11.6 Å². The van der Waals surface area contributed by atoms with Crippen molar-refractivity contribution in [2.24, 2.45) is 0 Å². The minimum atomic E-state index is -1.65. The maximum absolute atomic E-state index is 12.5. The lowest BCUT2D eigenvalue weighted by Gasteiger charge is -2.30. The van der Waals surface area contributed by atoms with Gasteiger partial charge in [0, 0.05) is 59.5 Å². The van der Waals surface area contributed by atoms with E-state index in [0.29, 0.717) is 62.1 Å². The summed E-state index contributed by atoms with van der Waals surface area (Å²) in [6, 6.07) is 20.6. The fourth-order valence-electron chi connectivity index (χ4n) is 5.18. The molecule has 0 radical (unpaired) electrons. The Balaban J connectivity index is 1.47. The van der Waals surface area contributed by atoms with Crippen molar-refractivity contribution in [3.63, 3.8) is 0 Å². The fraction of sp³-hybridized carbons (Fsp3) is 0.152. The molecule has 1 atom stereocenters. The zero-order valence-corrected chi connectivity index (χ0v) is 24.5. The van der Waals surface area contributed by atoms with Crippen LogP contribution in [0.15, 0.2) is 97.7 Å². The maximum atomic E-state index is 12.5. The second kappa shape index (κ2) is 11.7. The van der Waals surface area contributed by atoms with Gasteiger partial charge in [-0.15, -0.1) is 0 Å². The number of pyridine rings is 3. The highest BCUT2D eigenvalue weighted by atomic mass is 35.5. The molecule has 6 rings (SSSR count). The first-order valence-electron chi connectivity index (χ1n) is 13.4. The predicted octanol–water partition coefficient (Wildman–Crippen LogP) is 5.76. The molecule has 4 aromatic heterocycles. The third-order valence-corrected chi connectivity index (χ3v) is 7.84. The minimum absolute atomic E-state index is 0.385. The van der Waals surface area contributed by atoms with Crippen LogP contribution in [-0.2, 0) is 12.0 Å². The van der Waals surface area contributed by atoms with Crippen LogP contribution < -0.4 is 14.2 Å². The summed E-state index contributed by atoms with van der Waals surface area (Å²) < 4.78 is 18.4. The molecule has 2 aromatic carbocycles. The smallest absolute Gasteiger partial charge is 0.220 e. The van der Waals surface area contributed by atoms with Gasteiger partial charge < -0.3 is 19.3 Å². The molecule has 216 valence electrons. The molecule has 0 saturated carbocycles. The van der Waals surface area contributed by atoms with Gasteiger partial charge in [0.25, 0.3) is 0 Å². The molecule has 4 heterocycles. The average molecular weight is 594 g/mol. The van der Waals surface area contributed by atoms with Crippen LogP contribution in [0.5, 0.6) is 17.4 Å². The molecule has 0 aliphatic heterocycles. The zero-order chi connectivity index (χ0) is 30.0. The minimum Gasteiger partial charge on any atom is -0.493 e. The largest absolute Gasteiger partial charge is 0.493 e. The Kier molecular flexibility index (Phi) is 7.67. The Morgan fingerprint density at radius 3 is 2.33 bits per heavy atom. The number of halogens is 1. The standard InChI is InChI=1S/C33H28ClN5O4/c1-41-28-12-9-22(18-29(28)42-2)33(40,23-6-4-13-35-19-23)24-17-26-30(34)27(32(43-3)38-31(26)36-20-24)16-21-7-10-25(11-8-21)39-15-5-14-37-39/h4-15,17-20,40H,16H2,1-3H3. The number of benzene rings is 2. The van der Waals surface area contributed by atoms with E-state index in [4.69, 9.17) is 25.8 Å². The van der Waals surface area contributed by atoms with Crippen molar-refractivity contribution in [3.05, 3.63) is 131 Å². The Bertz CT molecular complexity index is 1880. The Labute approximate surface area is 253 Å². The molecule has 1 unspecified atom stereocenters. The van der Waals surface area contributed by atoms with E-state index in [1.165, 1.54) is 0 Å². The van der Waals surface area contributed by atoms with Gasteiger partial charge in [-0.3, -0.25) is 4.98 Å². The lowest BCUT2D eigenvalue weighted by atomic mass is 9.81. The van der Waals surface area contributed by atoms with Crippen molar-refractivity contribution in [1.29, 1.82) is 0 Å². The molecule has 9 nitrogen and oxygen atoms in total. The molecule has 0 aliphatic carbocycles. The Morgan fingerprint density at radius 2 is 1.65 bits per heavy atom. The summed E-state index contributed by atoms with van der Waals surface area (Å²) in [5.41, 5.74) is 2.96. The molecule has 0 bridgehead atoms. The third-order valence-electron chi connectivity index (χ3n) is 7.41. The summed E-state index contributed by atoms with van der Waals surface area (Å²) in [6.07, 6.45) is 8.95. The monoisotopic (exact) mass is 593 g/mol. The maximum Gasteiger partial charge on any atom is 0.220 e. The first-order valence-corrected chi connectivity index (χ1v) is 13.8. The topological polar surface area (TPSA) is 104 Å². The second-order valence-corrected chi connectivity index (χ2v) is 10.2. The first-order chi connectivity index (χ1) is 21.0. The molecule has 0 fully saturated rings. The summed E-state index contributed by atoms with van der Waals surface area (Å²) >= 11 is 7.08. The number of rotatable bonds is 9.